The van der Waals surface area contributed by atoms with Gasteiger partial charge in [0.05, 0.1) is 5.60 Å². The summed E-state index contributed by atoms with van der Waals surface area (Å²) in [7, 11) is 0. The molecule has 60 valence electrons. The van der Waals surface area contributed by atoms with E-state index in [0.29, 0.717) is 0 Å². The third-order valence-corrected chi connectivity index (χ3v) is 2.34. The van der Waals surface area contributed by atoms with E-state index in [1.807, 2.05) is 0 Å². The lowest BCUT2D eigenvalue weighted by molar-refractivity contribution is 0.119. The summed E-state index contributed by atoms with van der Waals surface area (Å²) in [5.74, 6) is 0.720. The summed E-state index contributed by atoms with van der Waals surface area (Å²) < 4.78 is 0. The van der Waals surface area contributed by atoms with Gasteiger partial charge in [0.25, 0.3) is 0 Å². The summed E-state index contributed by atoms with van der Waals surface area (Å²) in [5.41, 5.74) is -0.228. The van der Waals surface area contributed by atoms with Gasteiger partial charge in [0.2, 0.25) is 0 Å². The second-order valence-corrected chi connectivity index (χ2v) is 3.82. The molecule has 0 radical (unpaired) electrons. The first kappa shape index (κ1) is 8.06. The summed E-state index contributed by atoms with van der Waals surface area (Å²) in [5, 5.41) is 9.53. The molecule has 1 saturated carbocycles. The Morgan fingerprint density at radius 1 is 1.50 bits per heavy atom. The number of hydrogen-bond acceptors (Lipinski definition) is 1. The van der Waals surface area contributed by atoms with Gasteiger partial charge in [0.15, 0.2) is 0 Å². The summed E-state index contributed by atoms with van der Waals surface area (Å²) in [6.45, 7) is 4.44. The van der Waals surface area contributed by atoms with Crippen LogP contribution in [-0.4, -0.2) is 10.7 Å². The average Bonchev–Trinajstić information content (AvgIpc) is 2.48. The van der Waals surface area contributed by atoms with E-state index in [-0.39, 0.29) is 5.60 Å². The highest BCUT2D eigenvalue weighted by Crippen LogP contribution is 2.41. The molecule has 0 heterocycles. The maximum Gasteiger partial charge on any atom is 0.0652 e. The second-order valence-electron chi connectivity index (χ2n) is 3.82. The van der Waals surface area contributed by atoms with E-state index in [2.05, 4.69) is 13.8 Å². The van der Waals surface area contributed by atoms with Crippen molar-refractivity contribution in [3.8, 4) is 0 Å². The quantitative estimate of drug-likeness (QED) is 0.638. The SMILES string of the molecule is CCCC(C)CC1(O)CC1. The molecule has 1 atom stereocenters. The number of hydrogen-bond donors (Lipinski definition) is 1. The molecule has 0 aliphatic heterocycles. The van der Waals surface area contributed by atoms with Crippen molar-refractivity contribution in [1.82, 2.24) is 0 Å². The van der Waals surface area contributed by atoms with Crippen molar-refractivity contribution in [1.29, 1.82) is 0 Å². The minimum absolute atomic E-state index is 0.228. The predicted molar refractivity (Wildman–Crippen MR) is 42.9 cm³/mol. The van der Waals surface area contributed by atoms with E-state index in [1.165, 1.54) is 12.8 Å². The summed E-state index contributed by atoms with van der Waals surface area (Å²) >= 11 is 0. The van der Waals surface area contributed by atoms with Crippen molar-refractivity contribution >= 4 is 0 Å². The molecule has 1 N–H and O–H groups in total. The van der Waals surface area contributed by atoms with Crippen molar-refractivity contribution in [2.45, 2.75) is 51.6 Å². The molecule has 0 bridgehead atoms. The summed E-state index contributed by atoms with van der Waals surface area (Å²) in [6, 6.07) is 0. The van der Waals surface area contributed by atoms with E-state index in [0.717, 1.165) is 25.2 Å². The van der Waals surface area contributed by atoms with Crippen LogP contribution in [0.3, 0.4) is 0 Å². The van der Waals surface area contributed by atoms with E-state index in [9.17, 15) is 5.11 Å². The van der Waals surface area contributed by atoms with Crippen molar-refractivity contribution < 1.29 is 5.11 Å². The molecule has 0 aromatic heterocycles. The van der Waals surface area contributed by atoms with Crippen LogP contribution in [0.2, 0.25) is 0 Å². The Bertz CT molecular complexity index is 105. The van der Waals surface area contributed by atoms with Crippen molar-refractivity contribution in [2.24, 2.45) is 5.92 Å². The fourth-order valence-electron chi connectivity index (χ4n) is 1.59. The molecule has 1 heteroatoms. The lowest BCUT2D eigenvalue weighted by Gasteiger charge is -2.13. The fraction of sp³-hybridized carbons (Fsp3) is 1.00. The van der Waals surface area contributed by atoms with Crippen LogP contribution in [0.25, 0.3) is 0 Å². The topological polar surface area (TPSA) is 20.2 Å². The Morgan fingerprint density at radius 3 is 2.50 bits per heavy atom. The molecule has 1 fully saturated rings. The molecule has 0 saturated heterocycles. The molecule has 1 unspecified atom stereocenters. The molecule has 0 spiro atoms. The largest absolute Gasteiger partial charge is 0.390 e. The second kappa shape index (κ2) is 2.91. The highest BCUT2D eigenvalue weighted by atomic mass is 16.3. The van der Waals surface area contributed by atoms with Crippen LogP contribution in [-0.2, 0) is 0 Å². The van der Waals surface area contributed by atoms with Crippen LogP contribution < -0.4 is 0 Å². The van der Waals surface area contributed by atoms with E-state index >= 15 is 0 Å². The minimum Gasteiger partial charge on any atom is -0.390 e. The zero-order valence-corrected chi connectivity index (χ0v) is 7.06. The zero-order valence-electron chi connectivity index (χ0n) is 7.06. The molecular weight excluding hydrogens is 124 g/mol. The molecule has 0 aromatic carbocycles. The van der Waals surface area contributed by atoms with Gasteiger partial charge in [-0.25, -0.2) is 0 Å². The Hall–Kier alpha value is -0.0400. The third-order valence-electron chi connectivity index (χ3n) is 2.34. The Kier molecular flexibility index (Phi) is 2.35. The van der Waals surface area contributed by atoms with Gasteiger partial charge in [-0.1, -0.05) is 26.7 Å². The molecule has 0 amide bonds. The Balaban J connectivity index is 2.11. The minimum atomic E-state index is -0.228. The van der Waals surface area contributed by atoms with Gasteiger partial charge < -0.3 is 5.11 Å². The molecule has 1 aliphatic carbocycles. The summed E-state index contributed by atoms with van der Waals surface area (Å²) in [4.78, 5) is 0. The molecular formula is C9H18O. The monoisotopic (exact) mass is 142 g/mol. The Morgan fingerprint density at radius 2 is 2.10 bits per heavy atom. The van der Waals surface area contributed by atoms with E-state index in [4.69, 9.17) is 0 Å². The zero-order chi connectivity index (χ0) is 7.61. The predicted octanol–water partition coefficient (Wildman–Crippen LogP) is 2.34. The van der Waals surface area contributed by atoms with Gasteiger partial charge in [-0.05, 0) is 25.2 Å². The van der Waals surface area contributed by atoms with Gasteiger partial charge in [0, 0.05) is 0 Å². The van der Waals surface area contributed by atoms with Gasteiger partial charge in [-0.2, -0.15) is 0 Å². The fourth-order valence-corrected chi connectivity index (χ4v) is 1.59. The van der Waals surface area contributed by atoms with Crippen LogP contribution in [0.5, 0.6) is 0 Å². The first-order valence-electron chi connectivity index (χ1n) is 4.39. The number of aliphatic hydroxyl groups is 1. The maximum absolute atomic E-state index is 9.53. The maximum atomic E-state index is 9.53. The molecule has 1 nitrogen and oxygen atoms in total. The number of rotatable bonds is 4. The highest BCUT2D eigenvalue weighted by Gasteiger charge is 2.40. The summed E-state index contributed by atoms with van der Waals surface area (Å²) in [6.07, 6.45) is 5.63. The first-order chi connectivity index (χ1) is 4.66. The Labute approximate surface area is 63.4 Å². The lowest BCUT2D eigenvalue weighted by atomic mass is 9.98. The van der Waals surface area contributed by atoms with Gasteiger partial charge in [-0.15, -0.1) is 0 Å². The third kappa shape index (κ3) is 2.30. The lowest BCUT2D eigenvalue weighted by Crippen LogP contribution is -2.11. The van der Waals surface area contributed by atoms with Crippen molar-refractivity contribution in [2.75, 3.05) is 0 Å². The van der Waals surface area contributed by atoms with Crippen molar-refractivity contribution in [3.05, 3.63) is 0 Å². The van der Waals surface area contributed by atoms with Crippen LogP contribution in [0, 0.1) is 5.92 Å². The van der Waals surface area contributed by atoms with Crippen LogP contribution in [0.4, 0.5) is 0 Å². The van der Waals surface area contributed by atoms with E-state index in [1.54, 1.807) is 0 Å². The van der Waals surface area contributed by atoms with Gasteiger partial charge in [-0.3, -0.25) is 0 Å². The van der Waals surface area contributed by atoms with Crippen LogP contribution in [0.1, 0.15) is 46.0 Å². The van der Waals surface area contributed by atoms with Gasteiger partial charge >= 0.3 is 0 Å². The first-order valence-corrected chi connectivity index (χ1v) is 4.39. The van der Waals surface area contributed by atoms with E-state index < -0.39 is 0 Å². The molecule has 1 rings (SSSR count). The van der Waals surface area contributed by atoms with Gasteiger partial charge in [0.1, 0.15) is 0 Å². The van der Waals surface area contributed by atoms with Crippen LogP contribution >= 0.6 is 0 Å². The molecule has 1 aliphatic rings. The highest BCUT2D eigenvalue weighted by molar-refractivity contribution is 4.93. The van der Waals surface area contributed by atoms with Crippen LogP contribution in [0.15, 0.2) is 0 Å². The smallest absolute Gasteiger partial charge is 0.0652 e. The molecule has 0 aromatic rings. The molecule has 10 heavy (non-hydrogen) atoms. The normalized spacial score (nSPS) is 24.3. The average molecular weight is 142 g/mol. The standard InChI is InChI=1S/C9H18O/c1-3-4-8(2)7-9(10)5-6-9/h8,10H,3-7H2,1-2H3. The van der Waals surface area contributed by atoms with Crippen molar-refractivity contribution in [3.63, 3.8) is 0 Å².